The van der Waals surface area contributed by atoms with Crippen LogP contribution in [-0.2, 0) is 132 Å². The van der Waals surface area contributed by atoms with Gasteiger partial charge in [-0.05, 0) is 119 Å². The lowest BCUT2D eigenvalue weighted by molar-refractivity contribution is -0.388. The average molecular weight is 1920 g/mol. The van der Waals surface area contributed by atoms with E-state index in [4.69, 9.17) is 85.3 Å². The first-order valence-electron chi connectivity index (χ1n) is 47.1. The van der Waals surface area contributed by atoms with E-state index < -0.39 is 171 Å². The van der Waals surface area contributed by atoms with Crippen molar-refractivity contribution in [3.63, 3.8) is 0 Å². The number of esters is 4. The molecule has 0 spiro atoms. The summed E-state index contributed by atoms with van der Waals surface area (Å²) in [5.74, 6) is -5.55. The second kappa shape index (κ2) is 48.7. The molecule has 0 unspecified atom stereocenters. The largest absolute Gasteiger partial charge is 0.459 e. The third-order valence-electron chi connectivity index (χ3n) is 24.9. The Labute approximate surface area is 821 Å². The van der Waals surface area contributed by atoms with Crippen molar-refractivity contribution < 1.29 is 114 Å². The number of rotatable bonds is 41. The van der Waals surface area contributed by atoms with E-state index in [1.807, 2.05) is 250 Å². The summed E-state index contributed by atoms with van der Waals surface area (Å²) < 4.78 is 132. The van der Waals surface area contributed by atoms with Gasteiger partial charge in [-0.2, -0.15) is 0 Å². The van der Waals surface area contributed by atoms with E-state index in [0.717, 1.165) is 43.2 Å². The second-order valence-corrected chi connectivity index (χ2v) is 35.7. The van der Waals surface area contributed by atoms with E-state index in [2.05, 4.69) is 0 Å². The van der Waals surface area contributed by atoms with Gasteiger partial charge < -0.3 is 85.3 Å². The molecule has 0 radical (unpaired) electrons. The highest BCUT2D eigenvalue weighted by atomic mass is 32.2. The summed E-state index contributed by atoms with van der Waals surface area (Å²) in [6.07, 6.45) is -28.4. The number of thioether (sulfide) groups is 1. The first-order chi connectivity index (χ1) is 69.3. The highest BCUT2D eigenvalue weighted by Crippen LogP contribution is 2.46. The maximum atomic E-state index is 16.9. The summed E-state index contributed by atoms with van der Waals surface area (Å²) in [7, 11) is 0. The number of carbonyl (C=O) groups is 6. The lowest BCUT2D eigenvalue weighted by Crippen LogP contribution is -2.72. The van der Waals surface area contributed by atoms with Gasteiger partial charge >= 0.3 is 23.9 Å². The Morgan fingerprint density at radius 1 is 0.270 bits per heavy atom. The zero-order chi connectivity index (χ0) is 96.4. The van der Waals surface area contributed by atoms with Crippen LogP contribution in [0.3, 0.4) is 0 Å². The van der Waals surface area contributed by atoms with Crippen molar-refractivity contribution in [2.75, 3.05) is 19.8 Å². The molecular weight excluding hydrogens is 1810 g/mol. The molecular formula is C115H107NO24S. The van der Waals surface area contributed by atoms with Gasteiger partial charge in [0, 0.05) is 4.90 Å². The minimum atomic E-state index is -2.18. The van der Waals surface area contributed by atoms with E-state index >= 15 is 24.0 Å². The molecule has 4 saturated heterocycles. The molecule has 0 aromatic heterocycles. The van der Waals surface area contributed by atoms with Crippen LogP contribution in [0.25, 0.3) is 0 Å². The molecule has 18 rings (SSSR count). The van der Waals surface area contributed by atoms with Gasteiger partial charge in [0.15, 0.2) is 37.2 Å². The van der Waals surface area contributed by atoms with Gasteiger partial charge in [0.2, 0.25) is 0 Å². The van der Waals surface area contributed by atoms with Crippen molar-refractivity contribution in [1.82, 2.24) is 4.90 Å². The van der Waals surface area contributed by atoms with Crippen LogP contribution in [0.1, 0.15) is 108 Å². The van der Waals surface area contributed by atoms with Gasteiger partial charge in [-0.15, -0.1) is 0 Å². The molecule has 722 valence electrons. The van der Waals surface area contributed by atoms with Crippen molar-refractivity contribution in [1.29, 1.82) is 0 Å². The van der Waals surface area contributed by atoms with Crippen molar-refractivity contribution >= 4 is 47.5 Å². The number of imide groups is 1. The molecule has 5 aliphatic heterocycles. The van der Waals surface area contributed by atoms with Crippen LogP contribution in [0, 0.1) is 0 Å². The lowest BCUT2D eigenvalue weighted by atomic mass is 9.92. The number of hydrogen-bond donors (Lipinski definition) is 0. The zero-order valence-corrected chi connectivity index (χ0v) is 78.0. The third kappa shape index (κ3) is 25.2. The zero-order valence-electron chi connectivity index (χ0n) is 77.2. The molecule has 13 aromatic carbocycles. The van der Waals surface area contributed by atoms with E-state index in [1.165, 1.54) is 60.3 Å². The quantitative estimate of drug-likeness (QED) is 0.0196. The smallest absolute Gasteiger partial charge is 0.338 e. The SMILES string of the molecule is C[C@@H]1O[C@@H](O[C@H]2[C@H](O[C@@H]3O[C@H](COC(=O)c4ccccc4)[C@H](OC(=O)c4ccccc4)[C@H](OC(=O)c4ccccc4)[C@H]3OC(=O)c3ccccc3)[C@@H](COCc3ccccc3)O[C@@H](O[C@H]3[C@@H](OCc4ccccc4)[C@H](OCc4ccccc4)[C@@H](COCc4ccccc4)O[C@@H]3Sc3ccccc3)[C@@H]2N2C(=O)c3ccccc3C2=O)[C@@H](OCc2ccccc2)[C@H](OCc2ccccc2)[C@@H]1OCc1ccccc1. The molecule has 13 aromatic rings. The summed E-state index contributed by atoms with van der Waals surface area (Å²) in [4.78, 5) is 96.8. The van der Waals surface area contributed by atoms with Gasteiger partial charge in [-0.25, -0.2) is 19.2 Å². The normalized spacial score (nSPS) is 24.8. The number of fused-ring (bicyclic) bond motifs is 1. The van der Waals surface area contributed by atoms with Crippen molar-refractivity contribution in [3.05, 3.63) is 461 Å². The maximum Gasteiger partial charge on any atom is 0.338 e. The van der Waals surface area contributed by atoms with Crippen LogP contribution in [0.15, 0.2) is 393 Å². The van der Waals surface area contributed by atoms with Crippen LogP contribution in [0.5, 0.6) is 0 Å². The molecule has 0 N–H and O–H groups in total. The second-order valence-electron chi connectivity index (χ2n) is 34.6. The summed E-state index contributed by atoms with van der Waals surface area (Å²) >= 11 is 1.31. The first-order valence-corrected chi connectivity index (χ1v) is 48.0. The Morgan fingerprint density at radius 2 is 0.574 bits per heavy atom. The summed E-state index contributed by atoms with van der Waals surface area (Å²) in [5.41, 5.74) is 4.47. The predicted octanol–water partition coefficient (Wildman–Crippen LogP) is 18.4. The fourth-order valence-corrected chi connectivity index (χ4v) is 19.0. The van der Waals surface area contributed by atoms with Crippen molar-refractivity contribution in [2.45, 2.75) is 180 Å². The maximum absolute atomic E-state index is 16.9. The standard InChI is InChI=1S/C115H107NO24S/c1-76-95(125-68-79-44-18-4-19-45-79)100(127-70-81-48-22-6-23-49-81)103(129-72-83-52-26-8-27-53-83)113(131-76)139-99-94(116-106(117)89-64-38-39-65-90(89)107(116)118)112(140-105-101(128-71-82-50-24-7-25-51-82)96(126-69-80-46-20-5-21-47-80)91(73-123-66-77-40-14-2-15-41-77)134-115(105)141-88-62-36-13-37-63-88)132-92(74-124-67-78-42-16-3-17-43-78)97(99)138-114-104(137-111(122)87-60-34-12-35-61-87)102(136-110(121)86-58-32-11-33-59-86)98(135-109(120)85-56-30-10-31-57-85)93(133-114)75-130-108(119)84-54-28-9-29-55-84/h2-65,76,91-105,112-115H,66-75H2,1H3/t76-,91+,92+,93+,94+,95+,96+,97+,98-,99+,100+,101-,102-,103-,104+,105-,112-,113-,114-,115+/m0/s1. The fraction of sp³-hybridized carbons (Fsp3) is 0.270. The number of benzene rings is 13. The summed E-state index contributed by atoms with van der Waals surface area (Å²) in [6.45, 7) is 0.513. The number of hydrogen-bond acceptors (Lipinski definition) is 25. The van der Waals surface area contributed by atoms with Gasteiger partial charge in [-0.1, -0.05) is 327 Å². The highest BCUT2D eigenvalue weighted by molar-refractivity contribution is 7.99. The summed E-state index contributed by atoms with van der Waals surface area (Å²) in [6, 6.07) is 113. The Bertz CT molecular complexity index is 6100. The van der Waals surface area contributed by atoms with Crippen molar-refractivity contribution in [2.24, 2.45) is 0 Å². The topological polar surface area (TPSA) is 272 Å². The van der Waals surface area contributed by atoms with Crippen LogP contribution in [0.2, 0.25) is 0 Å². The van der Waals surface area contributed by atoms with Gasteiger partial charge in [0.25, 0.3) is 11.8 Å². The van der Waals surface area contributed by atoms with Crippen LogP contribution < -0.4 is 0 Å². The predicted molar refractivity (Wildman–Crippen MR) is 519 cm³/mol. The molecule has 0 bridgehead atoms. The molecule has 20 atom stereocenters. The Hall–Kier alpha value is -13.3. The van der Waals surface area contributed by atoms with Crippen LogP contribution in [0.4, 0.5) is 0 Å². The first kappa shape index (κ1) is 97.9. The van der Waals surface area contributed by atoms with Crippen molar-refractivity contribution in [3.8, 4) is 0 Å². The number of nitrogens with zero attached hydrogens (tertiary/aromatic N) is 1. The average Bonchev–Trinajstić information content (AvgIpc) is 1.65. The van der Waals surface area contributed by atoms with Crippen LogP contribution in [-0.4, -0.2) is 182 Å². The van der Waals surface area contributed by atoms with Crippen LogP contribution >= 0.6 is 11.8 Å². The minimum absolute atomic E-state index is 0.000335. The third-order valence-corrected chi connectivity index (χ3v) is 26.0. The molecule has 0 saturated carbocycles. The van der Waals surface area contributed by atoms with E-state index in [9.17, 15) is 4.79 Å². The molecule has 141 heavy (non-hydrogen) atoms. The Balaban J connectivity index is 0.860. The summed E-state index contributed by atoms with van der Waals surface area (Å²) in [5, 5.41) is 0. The molecule has 25 nitrogen and oxygen atoms in total. The minimum Gasteiger partial charge on any atom is -0.459 e. The van der Waals surface area contributed by atoms with Gasteiger partial charge in [0.05, 0.1) is 98.9 Å². The molecule has 4 fully saturated rings. The number of ether oxygens (including phenoxy) is 18. The highest BCUT2D eigenvalue weighted by Gasteiger charge is 2.63. The van der Waals surface area contributed by atoms with E-state index in [1.54, 1.807) is 97.1 Å². The molecule has 0 aliphatic carbocycles. The molecule has 5 heterocycles. The molecule has 26 heteroatoms. The Morgan fingerprint density at radius 3 is 1.00 bits per heavy atom. The van der Waals surface area contributed by atoms with Gasteiger partial charge in [-0.3, -0.25) is 14.5 Å². The Kier molecular flexibility index (Phi) is 33.8. The number of amides is 2. The lowest BCUT2D eigenvalue weighted by Gasteiger charge is -2.54. The fourth-order valence-electron chi connectivity index (χ4n) is 17.8. The van der Waals surface area contributed by atoms with E-state index in [0.29, 0.717) is 5.56 Å². The number of carbonyl (C=O) groups excluding carboxylic acids is 6. The molecule has 5 aliphatic rings. The van der Waals surface area contributed by atoms with E-state index in [-0.39, 0.29) is 86.2 Å². The molecule has 2 amide bonds. The monoisotopic (exact) mass is 1920 g/mol. The van der Waals surface area contributed by atoms with Gasteiger partial charge in [0.1, 0.15) is 85.2 Å².